The number of hydrogen-bond acceptors (Lipinski definition) is 2. The van der Waals surface area contributed by atoms with E-state index in [9.17, 15) is 0 Å². The Morgan fingerprint density at radius 2 is 2.12 bits per heavy atom. The first-order valence-electron chi connectivity index (χ1n) is 6.17. The summed E-state index contributed by atoms with van der Waals surface area (Å²) in [6.45, 7) is 5.50. The van der Waals surface area contributed by atoms with Crippen molar-refractivity contribution in [3.05, 3.63) is 29.3 Å². The second kappa shape index (κ2) is 4.88. The Labute approximate surface area is 98.0 Å². The van der Waals surface area contributed by atoms with Gasteiger partial charge in [-0.15, -0.1) is 0 Å². The first kappa shape index (κ1) is 11.5. The maximum atomic E-state index is 5.31. The van der Waals surface area contributed by atoms with Crippen LogP contribution in [0.3, 0.4) is 0 Å². The number of methoxy groups -OCH3 is 1. The fourth-order valence-electron chi connectivity index (χ4n) is 2.62. The van der Waals surface area contributed by atoms with Crippen molar-refractivity contribution in [3.8, 4) is 5.75 Å². The summed E-state index contributed by atoms with van der Waals surface area (Å²) in [4.78, 5) is 0. The van der Waals surface area contributed by atoms with E-state index in [0.717, 1.165) is 12.3 Å². The molecule has 0 radical (unpaired) electrons. The molecule has 1 aliphatic rings. The van der Waals surface area contributed by atoms with E-state index in [-0.39, 0.29) is 0 Å². The summed E-state index contributed by atoms with van der Waals surface area (Å²) in [6.07, 6.45) is 2.51. The Balaban J connectivity index is 2.36. The van der Waals surface area contributed by atoms with Gasteiger partial charge in [0.25, 0.3) is 0 Å². The predicted molar refractivity (Wildman–Crippen MR) is 67.1 cm³/mol. The topological polar surface area (TPSA) is 21.3 Å². The summed E-state index contributed by atoms with van der Waals surface area (Å²) in [5.74, 6) is 1.64. The van der Waals surface area contributed by atoms with Gasteiger partial charge < -0.3 is 10.1 Å². The van der Waals surface area contributed by atoms with Gasteiger partial charge in [0.05, 0.1) is 7.11 Å². The number of hydrogen-bond donors (Lipinski definition) is 1. The van der Waals surface area contributed by atoms with Gasteiger partial charge >= 0.3 is 0 Å². The lowest BCUT2D eigenvalue weighted by Gasteiger charge is -2.30. The van der Waals surface area contributed by atoms with Crippen LogP contribution >= 0.6 is 0 Å². The minimum absolute atomic E-state index is 0.506. The molecule has 0 heterocycles. The zero-order chi connectivity index (χ0) is 11.5. The van der Waals surface area contributed by atoms with E-state index in [1.807, 2.05) is 0 Å². The lowest BCUT2D eigenvalue weighted by molar-refractivity contribution is 0.405. The molecule has 0 saturated carbocycles. The van der Waals surface area contributed by atoms with E-state index >= 15 is 0 Å². The second-order valence-electron chi connectivity index (χ2n) is 4.58. The van der Waals surface area contributed by atoms with Gasteiger partial charge in [0.15, 0.2) is 0 Å². The van der Waals surface area contributed by atoms with Crippen LogP contribution in [0, 0.1) is 0 Å². The van der Waals surface area contributed by atoms with Crippen LogP contribution in [-0.4, -0.2) is 13.7 Å². The third-order valence-corrected chi connectivity index (χ3v) is 3.54. The monoisotopic (exact) mass is 219 g/mol. The van der Waals surface area contributed by atoms with Gasteiger partial charge in [-0.3, -0.25) is 0 Å². The summed E-state index contributed by atoms with van der Waals surface area (Å²) in [5.41, 5.74) is 2.91. The van der Waals surface area contributed by atoms with Gasteiger partial charge in [-0.2, -0.15) is 0 Å². The molecule has 0 fully saturated rings. The molecule has 0 amide bonds. The van der Waals surface area contributed by atoms with Crippen molar-refractivity contribution in [1.82, 2.24) is 5.32 Å². The van der Waals surface area contributed by atoms with Crippen LogP contribution < -0.4 is 10.1 Å². The van der Waals surface area contributed by atoms with Crippen molar-refractivity contribution in [3.63, 3.8) is 0 Å². The van der Waals surface area contributed by atoms with Crippen molar-refractivity contribution in [1.29, 1.82) is 0 Å². The largest absolute Gasteiger partial charge is 0.497 e. The highest BCUT2D eigenvalue weighted by Gasteiger charge is 2.24. The third kappa shape index (κ3) is 2.07. The minimum atomic E-state index is 0.506. The van der Waals surface area contributed by atoms with E-state index in [0.29, 0.717) is 12.0 Å². The van der Waals surface area contributed by atoms with Crippen molar-refractivity contribution in [2.45, 2.75) is 38.6 Å². The van der Waals surface area contributed by atoms with E-state index in [2.05, 4.69) is 37.4 Å². The van der Waals surface area contributed by atoms with Crippen molar-refractivity contribution < 1.29 is 4.74 Å². The van der Waals surface area contributed by atoms with E-state index in [1.165, 1.54) is 24.0 Å². The predicted octanol–water partition coefficient (Wildman–Crippen LogP) is 3.24. The number of benzene rings is 1. The number of rotatable bonds is 3. The quantitative estimate of drug-likeness (QED) is 0.842. The highest BCUT2D eigenvalue weighted by atomic mass is 16.5. The normalized spacial score (nSPS) is 23.9. The molecule has 2 rings (SSSR count). The van der Waals surface area contributed by atoms with E-state index in [1.54, 1.807) is 7.11 Å². The van der Waals surface area contributed by atoms with Crippen LogP contribution in [-0.2, 0) is 0 Å². The first-order valence-corrected chi connectivity index (χ1v) is 6.17. The molecule has 0 saturated heterocycles. The highest BCUT2D eigenvalue weighted by Crippen LogP contribution is 2.38. The summed E-state index contributed by atoms with van der Waals surface area (Å²) in [7, 11) is 1.73. The SMILES string of the molecule is CCNC1CCC(C)c2ccc(OC)cc21. The molecule has 1 aromatic carbocycles. The molecule has 1 aliphatic carbocycles. The van der Waals surface area contributed by atoms with Crippen LogP contribution in [0.1, 0.15) is 49.8 Å². The molecule has 88 valence electrons. The van der Waals surface area contributed by atoms with Crippen LogP contribution in [0.5, 0.6) is 5.75 Å². The molecule has 0 spiro atoms. The Bertz CT molecular complexity index is 362. The van der Waals surface area contributed by atoms with Gasteiger partial charge in [0, 0.05) is 6.04 Å². The molecule has 2 nitrogen and oxygen atoms in total. The van der Waals surface area contributed by atoms with E-state index in [4.69, 9.17) is 4.74 Å². The molecule has 0 aliphatic heterocycles. The second-order valence-corrected chi connectivity index (χ2v) is 4.58. The van der Waals surface area contributed by atoms with Gasteiger partial charge in [0.1, 0.15) is 5.75 Å². The number of ether oxygens (including phenoxy) is 1. The molecular weight excluding hydrogens is 198 g/mol. The molecule has 2 unspecified atom stereocenters. The molecular formula is C14H21NO. The fourth-order valence-corrected chi connectivity index (χ4v) is 2.62. The molecule has 0 aromatic heterocycles. The molecule has 1 N–H and O–H groups in total. The van der Waals surface area contributed by atoms with Crippen molar-refractivity contribution >= 4 is 0 Å². The van der Waals surface area contributed by atoms with Gasteiger partial charge in [-0.05, 0) is 48.6 Å². The molecule has 0 bridgehead atoms. The highest BCUT2D eigenvalue weighted by molar-refractivity contribution is 5.41. The van der Waals surface area contributed by atoms with Crippen LogP contribution in [0.4, 0.5) is 0 Å². The lowest BCUT2D eigenvalue weighted by Crippen LogP contribution is -2.26. The first-order chi connectivity index (χ1) is 7.76. The Hall–Kier alpha value is -1.02. The van der Waals surface area contributed by atoms with Gasteiger partial charge in [-0.1, -0.05) is 19.9 Å². The van der Waals surface area contributed by atoms with E-state index < -0.39 is 0 Å². The standard InChI is InChI=1S/C14H21NO/c1-4-15-14-8-5-10(2)12-7-6-11(16-3)9-13(12)14/h6-7,9-10,14-15H,4-5,8H2,1-3H3. The number of fused-ring (bicyclic) bond motifs is 1. The maximum absolute atomic E-state index is 5.31. The zero-order valence-electron chi connectivity index (χ0n) is 10.4. The van der Waals surface area contributed by atoms with Crippen molar-refractivity contribution in [2.75, 3.05) is 13.7 Å². The summed E-state index contributed by atoms with van der Waals surface area (Å²) >= 11 is 0. The summed E-state index contributed by atoms with van der Waals surface area (Å²) < 4.78 is 5.31. The summed E-state index contributed by atoms with van der Waals surface area (Å²) in [6, 6.07) is 7.00. The molecule has 2 atom stereocenters. The average molecular weight is 219 g/mol. The number of nitrogens with one attached hydrogen (secondary N) is 1. The van der Waals surface area contributed by atoms with Crippen molar-refractivity contribution in [2.24, 2.45) is 0 Å². The maximum Gasteiger partial charge on any atom is 0.119 e. The van der Waals surface area contributed by atoms with Crippen LogP contribution in [0.2, 0.25) is 0 Å². The minimum Gasteiger partial charge on any atom is -0.497 e. The Kier molecular flexibility index (Phi) is 3.49. The Morgan fingerprint density at radius 1 is 1.31 bits per heavy atom. The third-order valence-electron chi connectivity index (χ3n) is 3.54. The Morgan fingerprint density at radius 3 is 2.81 bits per heavy atom. The lowest BCUT2D eigenvalue weighted by atomic mass is 9.81. The zero-order valence-corrected chi connectivity index (χ0v) is 10.4. The van der Waals surface area contributed by atoms with Gasteiger partial charge in [0.2, 0.25) is 0 Å². The summed E-state index contributed by atoms with van der Waals surface area (Å²) in [5, 5.41) is 3.56. The van der Waals surface area contributed by atoms with Crippen LogP contribution in [0.15, 0.2) is 18.2 Å². The molecule has 2 heteroatoms. The van der Waals surface area contributed by atoms with Crippen LogP contribution in [0.25, 0.3) is 0 Å². The fraction of sp³-hybridized carbons (Fsp3) is 0.571. The van der Waals surface area contributed by atoms with Gasteiger partial charge in [-0.25, -0.2) is 0 Å². The average Bonchev–Trinajstić information content (AvgIpc) is 2.32. The molecule has 16 heavy (non-hydrogen) atoms. The smallest absolute Gasteiger partial charge is 0.119 e. The molecule has 1 aromatic rings.